The van der Waals surface area contributed by atoms with E-state index in [1.54, 1.807) is 7.11 Å². The lowest BCUT2D eigenvalue weighted by Crippen LogP contribution is -2.38. The number of hydrogen-bond acceptors (Lipinski definition) is 3. The maximum absolute atomic E-state index is 6.18. The molecule has 2 rings (SSSR count). The minimum atomic E-state index is -0.0180. The molecule has 2 aromatic rings. The van der Waals surface area contributed by atoms with Crippen molar-refractivity contribution in [2.24, 2.45) is 12.8 Å². The lowest BCUT2D eigenvalue weighted by atomic mass is 10.1. The van der Waals surface area contributed by atoms with Gasteiger partial charge in [-0.2, -0.15) is 0 Å². The van der Waals surface area contributed by atoms with E-state index in [4.69, 9.17) is 10.5 Å². The van der Waals surface area contributed by atoms with Crippen LogP contribution in [0, 0.1) is 0 Å². The van der Waals surface area contributed by atoms with E-state index in [9.17, 15) is 0 Å². The van der Waals surface area contributed by atoms with Gasteiger partial charge in [0.2, 0.25) is 0 Å². The standard InChI is InChI=1S/C14H21N3O/c1-4-13(18-3)10(15)9-14-16-11-7-5-6-8-12(11)17(14)2/h5-8,10,13H,4,9,15H2,1-3H3. The molecule has 0 amide bonds. The number of nitrogens with zero attached hydrogens (tertiary/aromatic N) is 2. The van der Waals surface area contributed by atoms with E-state index < -0.39 is 0 Å². The van der Waals surface area contributed by atoms with E-state index in [0.717, 1.165) is 29.7 Å². The van der Waals surface area contributed by atoms with Crippen LogP contribution < -0.4 is 5.73 Å². The van der Waals surface area contributed by atoms with Crippen molar-refractivity contribution in [2.45, 2.75) is 31.9 Å². The van der Waals surface area contributed by atoms with Crippen LogP contribution in [0.2, 0.25) is 0 Å². The third kappa shape index (κ3) is 2.40. The maximum Gasteiger partial charge on any atom is 0.111 e. The summed E-state index contributed by atoms with van der Waals surface area (Å²) in [6.45, 7) is 2.09. The molecule has 2 unspecified atom stereocenters. The van der Waals surface area contributed by atoms with Crippen molar-refractivity contribution >= 4 is 11.0 Å². The first kappa shape index (κ1) is 13.1. The van der Waals surface area contributed by atoms with E-state index in [1.165, 1.54) is 0 Å². The van der Waals surface area contributed by atoms with Gasteiger partial charge in [-0.15, -0.1) is 0 Å². The molecule has 0 bridgehead atoms. The zero-order valence-corrected chi connectivity index (χ0v) is 11.3. The number of rotatable bonds is 5. The highest BCUT2D eigenvalue weighted by Gasteiger charge is 2.18. The molecule has 1 aromatic carbocycles. The summed E-state index contributed by atoms with van der Waals surface area (Å²) in [6.07, 6.45) is 1.74. The average molecular weight is 247 g/mol. The first-order chi connectivity index (χ1) is 8.67. The first-order valence-corrected chi connectivity index (χ1v) is 6.36. The summed E-state index contributed by atoms with van der Waals surface area (Å²) < 4.78 is 7.49. The fourth-order valence-corrected chi connectivity index (χ4v) is 2.36. The summed E-state index contributed by atoms with van der Waals surface area (Å²) in [7, 11) is 3.74. The number of benzene rings is 1. The first-order valence-electron chi connectivity index (χ1n) is 6.36. The van der Waals surface area contributed by atoms with Gasteiger partial charge in [0.15, 0.2) is 0 Å². The van der Waals surface area contributed by atoms with Crippen LogP contribution in [0.5, 0.6) is 0 Å². The molecule has 1 heterocycles. The van der Waals surface area contributed by atoms with Gasteiger partial charge in [-0.3, -0.25) is 0 Å². The number of nitrogens with two attached hydrogens (primary N) is 1. The maximum atomic E-state index is 6.18. The molecule has 98 valence electrons. The molecule has 1 aromatic heterocycles. The molecule has 0 saturated carbocycles. The molecule has 0 spiro atoms. The van der Waals surface area contributed by atoms with Crippen LogP contribution in [-0.2, 0) is 18.2 Å². The molecule has 0 radical (unpaired) electrons. The zero-order chi connectivity index (χ0) is 13.1. The SMILES string of the molecule is CCC(OC)C(N)Cc1nc2ccccc2n1C. The van der Waals surface area contributed by atoms with Crippen LogP contribution >= 0.6 is 0 Å². The Morgan fingerprint density at radius 1 is 1.39 bits per heavy atom. The van der Waals surface area contributed by atoms with Gasteiger partial charge >= 0.3 is 0 Å². The fourth-order valence-electron chi connectivity index (χ4n) is 2.36. The third-order valence-electron chi connectivity index (χ3n) is 3.48. The molecule has 0 aliphatic heterocycles. The van der Waals surface area contributed by atoms with Crippen LogP contribution in [0.4, 0.5) is 0 Å². The summed E-state index contributed by atoms with van der Waals surface area (Å²) >= 11 is 0. The Bertz CT molecular complexity index is 517. The number of hydrogen-bond donors (Lipinski definition) is 1. The topological polar surface area (TPSA) is 53.1 Å². The van der Waals surface area contributed by atoms with Crippen LogP contribution in [0.3, 0.4) is 0 Å². The third-order valence-corrected chi connectivity index (χ3v) is 3.48. The van der Waals surface area contributed by atoms with Crippen molar-refractivity contribution in [3.8, 4) is 0 Å². The lowest BCUT2D eigenvalue weighted by Gasteiger charge is -2.20. The van der Waals surface area contributed by atoms with Crippen molar-refractivity contribution in [3.63, 3.8) is 0 Å². The molecular weight excluding hydrogens is 226 g/mol. The van der Waals surface area contributed by atoms with Crippen LogP contribution in [0.1, 0.15) is 19.2 Å². The van der Waals surface area contributed by atoms with Crippen LogP contribution in [0.25, 0.3) is 11.0 Å². The smallest absolute Gasteiger partial charge is 0.111 e. The molecule has 4 heteroatoms. The van der Waals surface area contributed by atoms with Gasteiger partial charge in [-0.05, 0) is 18.6 Å². The molecule has 0 saturated heterocycles. The molecule has 18 heavy (non-hydrogen) atoms. The Morgan fingerprint density at radius 3 is 2.72 bits per heavy atom. The van der Waals surface area contributed by atoms with Gasteiger partial charge in [0, 0.05) is 26.6 Å². The number of ether oxygens (including phenoxy) is 1. The number of methoxy groups -OCH3 is 1. The Kier molecular flexibility index (Phi) is 3.99. The van der Waals surface area contributed by atoms with E-state index in [2.05, 4.69) is 22.5 Å². The van der Waals surface area contributed by atoms with E-state index in [1.807, 2.05) is 25.2 Å². The quantitative estimate of drug-likeness (QED) is 0.877. The Labute approximate surface area is 108 Å². The molecule has 0 aliphatic carbocycles. The number of para-hydroxylation sites is 2. The van der Waals surface area contributed by atoms with E-state index >= 15 is 0 Å². The molecule has 4 nitrogen and oxygen atoms in total. The van der Waals surface area contributed by atoms with Crippen molar-refractivity contribution in [1.82, 2.24) is 9.55 Å². The summed E-state index contributed by atoms with van der Waals surface area (Å²) in [4.78, 5) is 4.63. The van der Waals surface area contributed by atoms with E-state index in [0.29, 0.717) is 0 Å². The van der Waals surface area contributed by atoms with Gasteiger partial charge < -0.3 is 15.0 Å². The predicted molar refractivity (Wildman–Crippen MR) is 73.5 cm³/mol. The Morgan fingerprint density at radius 2 is 2.11 bits per heavy atom. The largest absolute Gasteiger partial charge is 0.380 e. The van der Waals surface area contributed by atoms with Gasteiger partial charge in [-0.1, -0.05) is 19.1 Å². The molecular formula is C14H21N3O. The highest BCUT2D eigenvalue weighted by Crippen LogP contribution is 2.16. The van der Waals surface area contributed by atoms with Crippen molar-refractivity contribution < 1.29 is 4.74 Å². The summed E-state index contributed by atoms with van der Waals surface area (Å²) in [5.41, 5.74) is 8.35. The normalized spacial score (nSPS) is 14.9. The molecule has 2 atom stereocenters. The fraction of sp³-hybridized carbons (Fsp3) is 0.500. The summed E-state index contributed by atoms with van der Waals surface area (Å²) in [5.74, 6) is 1.01. The molecule has 0 fully saturated rings. The minimum absolute atomic E-state index is 0.0180. The van der Waals surface area contributed by atoms with Crippen molar-refractivity contribution in [1.29, 1.82) is 0 Å². The number of aromatic nitrogens is 2. The number of imidazole rings is 1. The molecule has 0 aliphatic rings. The summed E-state index contributed by atoms with van der Waals surface area (Å²) in [5, 5.41) is 0. The average Bonchev–Trinajstić information content (AvgIpc) is 2.68. The molecule has 2 N–H and O–H groups in total. The Hall–Kier alpha value is -1.39. The predicted octanol–water partition coefficient (Wildman–Crippen LogP) is 1.87. The Balaban J connectivity index is 2.24. The lowest BCUT2D eigenvalue weighted by molar-refractivity contribution is 0.0766. The van der Waals surface area contributed by atoms with Crippen molar-refractivity contribution in [3.05, 3.63) is 30.1 Å². The van der Waals surface area contributed by atoms with Gasteiger partial charge in [0.05, 0.1) is 17.1 Å². The highest BCUT2D eigenvalue weighted by molar-refractivity contribution is 5.75. The van der Waals surface area contributed by atoms with Gasteiger partial charge in [-0.25, -0.2) is 4.98 Å². The van der Waals surface area contributed by atoms with Crippen molar-refractivity contribution in [2.75, 3.05) is 7.11 Å². The highest BCUT2D eigenvalue weighted by atomic mass is 16.5. The summed E-state index contributed by atoms with van der Waals surface area (Å²) in [6, 6.07) is 8.11. The monoisotopic (exact) mass is 247 g/mol. The number of aryl methyl sites for hydroxylation is 1. The second kappa shape index (κ2) is 5.50. The van der Waals surface area contributed by atoms with E-state index in [-0.39, 0.29) is 12.1 Å². The van der Waals surface area contributed by atoms with Crippen LogP contribution in [-0.4, -0.2) is 28.8 Å². The number of fused-ring (bicyclic) bond motifs is 1. The van der Waals surface area contributed by atoms with Gasteiger partial charge in [0.1, 0.15) is 5.82 Å². The van der Waals surface area contributed by atoms with Crippen LogP contribution in [0.15, 0.2) is 24.3 Å². The zero-order valence-electron chi connectivity index (χ0n) is 11.3. The second-order valence-electron chi connectivity index (χ2n) is 4.63. The minimum Gasteiger partial charge on any atom is -0.380 e. The second-order valence-corrected chi connectivity index (χ2v) is 4.63. The van der Waals surface area contributed by atoms with Gasteiger partial charge in [0.25, 0.3) is 0 Å².